The van der Waals surface area contributed by atoms with E-state index >= 15 is 0 Å². The Balaban J connectivity index is 2.40. The molecule has 4 nitrogen and oxygen atoms in total. The molecule has 1 aromatic carbocycles. The van der Waals surface area contributed by atoms with Crippen molar-refractivity contribution in [2.24, 2.45) is 0 Å². The minimum atomic E-state index is -0.467. The van der Waals surface area contributed by atoms with Crippen molar-refractivity contribution in [3.8, 4) is 0 Å². The third kappa shape index (κ3) is 3.86. The van der Waals surface area contributed by atoms with E-state index in [0.717, 1.165) is 17.3 Å². The van der Waals surface area contributed by atoms with Crippen molar-refractivity contribution in [1.82, 2.24) is 5.32 Å². The van der Waals surface area contributed by atoms with Crippen molar-refractivity contribution in [2.75, 3.05) is 13.6 Å². The molecule has 6 heteroatoms. The Morgan fingerprint density at radius 3 is 2.35 bits per heavy atom. The number of aldehydes is 1. The zero-order chi connectivity index (χ0) is 17.3. The van der Waals surface area contributed by atoms with Gasteiger partial charge in [-0.05, 0) is 64.0 Å². The molecule has 1 fully saturated rings. The molecule has 1 N–H and O–H groups in total. The summed E-state index contributed by atoms with van der Waals surface area (Å²) in [6.07, 6.45) is 2.73. The lowest BCUT2D eigenvalue weighted by atomic mass is 9.76. The topological polar surface area (TPSA) is 47.6 Å². The Morgan fingerprint density at radius 1 is 1.22 bits per heavy atom. The van der Waals surface area contributed by atoms with Crippen molar-refractivity contribution in [1.29, 1.82) is 0 Å². The third-order valence-corrected chi connectivity index (χ3v) is 4.69. The standard InChI is InChI=1S/C17H23BClNO3/c1-16(2)17(3,4)23-18(22-16)14(10-20-5)8-13-9-15(19)7-6-12(13)11-21/h6-9,11,20H,10H2,1-5H3. The molecule has 0 atom stereocenters. The highest BCUT2D eigenvalue weighted by Gasteiger charge is 2.52. The van der Waals surface area contributed by atoms with Crippen molar-refractivity contribution in [3.63, 3.8) is 0 Å². The second kappa shape index (κ2) is 6.77. The van der Waals surface area contributed by atoms with Gasteiger partial charge in [-0.1, -0.05) is 17.7 Å². The lowest BCUT2D eigenvalue weighted by Crippen LogP contribution is -2.41. The van der Waals surface area contributed by atoms with Crippen LogP contribution in [0.4, 0.5) is 0 Å². The quantitative estimate of drug-likeness (QED) is 0.662. The molecule has 124 valence electrons. The van der Waals surface area contributed by atoms with Crippen molar-refractivity contribution < 1.29 is 14.1 Å². The van der Waals surface area contributed by atoms with Crippen LogP contribution in [-0.2, 0) is 9.31 Å². The van der Waals surface area contributed by atoms with E-state index in [1.165, 1.54) is 0 Å². The summed E-state index contributed by atoms with van der Waals surface area (Å²) in [5.41, 5.74) is 1.43. The molecule has 0 unspecified atom stereocenters. The minimum absolute atomic E-state index is 0.410. The predicted octanol–water partition coefficient (Wildman–Crippen LogP) is 3.39. The predicted molar refractivity (Wildman–Crippen MR) is 94.8 cm³/mol. The first kappa shape index (κ1) is 18.2. The fraction of sp³-hybridized carbons (Fsp3) is 0.471. The van der Waals surface area contributed by atoms with Crippen LogP contribution in [0, 0.1) is 0 Å². The normalized spacial score (nSPS) is 19.9. The van der Waals surface area contributed by atoms with Crippen LogP contribution in [0.25, 0.3) is 6.08 Å². The van der Waals surface area contributed by atoms with Crippen LogP contribution in [0.15, 0.2) is 23.7 Å². The van der Waals surface area contributed by atoms with Crippen LogP contribution in [0.1, 0.15) is 43.6 Å². The van der Waals surface area contributed by atoms with Crippen LogP contribution in [0.5, 0.6) is 0 Å². The molecule has 2 rings (SSSR count). The molecular weight excluding hydrogens is 312 g/mol. The summed E-state index contributed by atoms with van der Waals surface area (Å²) in [5, 5.41) is 3.71. The summed E-state index contributed by atoms with van der Waals surface area (Å²) < 4.78 is 12.2. The van der Waals surface area contributed by atoms with E-state index in [1.807, 2.05) is 40.8 Å². The Kier molecular flexibility index (Phi) is 5.36. The first-order chi connectivity index (χ1) is 10.7. The summed E-state index contributed by atoms with van der Waals surface area (Å²) in [6.45, 7) is 8.64. The molecule has 1 aromatic rings. The van der Waals surface area contributed by atoms with E-state index in [0.29, 0.717) is 17.1 Å². The van der Waals surface area contributed by atoms with Gasteiger partial charge in [-0.3, -0.25) is 4.79 Å². The molecule has 0 amide bonds. The lowest BCUT2D eigenvalue weighted by molar-refractivity contribution is 0.00578. The van der Waals surface area contributed by atoms with E-state index in [2.05, 4.69) is 5.32 Å². The Bertz CT molecular complexity index is 612. The van der Waals surface area contributed by atoms with Crippen molar-refractivity contribution in [2.45, 2.75) is 38.9 Å². The van der Waals surface area contributed by atoms with Crippen LogP contribution in [0.2, 0.25) is 5.02 Å². The molecule has 1 aliphatic heterocycles. The van der Waals surface area contributed by atoms with Gasteiger partial charge >= 0.3 is 7.12 Å². The highest BCUT2D eigenvalue weighted by Crippen LogP contribution is 2.38. The Hall–Kier alpha value is -1.14. The van der Waals surface area contributed by atoms with Gasteiger partial charge in [0.05, 0.1) is 11.2 Å². The van der Waals surface area contributed by atoms with E-state index in [9.17, 15) is 4.79 Å². The van der Waals surface area contributed by atoms with Gasteiger partial charge in [0.1, 0.15) is 0 Å². The van der Waals surface area contributed by atoms with Gasteiger partial charge in [0, 0.05) is 17.1 Å². The second-order valence-electron chi connectivity index (χ2n) is 6.73. The summed E-state index contributed by atoms with van der Waals surface area (Å²) in [5.74, 6) is 0. The number of rotatable bonds is 5. The highest BCUT2D eigenvalue weighted by molar-refractivity contribution is 6.56. The van der Waals surface area contributed by atoms with E-state index in [4.69, 9.17) is 20.9 Å². The number of benzene rings is 1. The van der Waals surface area contributed by atoms with Crippen LogP contribution >= 0.6 is 11.6 Å². The number of hydrogen-bond acceptors (Lipinski definition) is 4. The van der Waals surface area contributed by atoms with Crippen LogP contribution < -0.4 is 5.32 Å². The average Bonchev–Trinajstić information content (AvgIpc) is 2.67. The van der Waals surface area contributed by atoms with Crippen molar-refractivity contribution in [3.05, 3.63) is 39.8 Å². The van der Waals surface area contributed by atoms with Gasteiger partial charge < -0.3 is 14.6 Å². The van der Waals surface area contributed by atoms with Crippen molar-refractivity contribution >= 4 is 31.1 Å². The fourth-order valence-electron chi connectivity index (χ4n) is 2.38. The molecule has 1 aliphatic rings. The Labute approximate surface area is 143 Å². The zero-order valence-corrected chi connectivity index (χ0v) is 15.0. The maximum atomic E-state index is 11.3. The zero-order valence-electron chi connectivity index (χ0n) is 14.3. The molecule has 23 heavy (non-hydrogen) atoms. The molecule has 0 radical (unpaired) electrons. The molecule has 0 spiro atoms. The minimum Gasteiger partial charge on any atom is -0.400 e. The number of carbonyl (C=O) groups is 1. The van der Waals surface area contributed by atoms with Gasteiger partial charge in [0.2, 0.25) is 0 Å². The third-order valence-electron chi connectivity index (χ3n) is 4.45. The molecule has 0 aromatic heterocycles. The van der Waals surface area contributed by atoms with E-state index < -0.39 is 18.3 Å². The van der Waals surface area contributed by atoms with Gasteiger partial charge in [-0.15, -0.1) is 0 Å². The monoisotopic (exact) mass is 335 g/mol. The maximum Gasteiger partial charge on any atom is 0.491 e. The first-order valence-electron chi connectivity index (χ1n) is 7.65. The first-order valence-corrected chi connectivity index (χ1v) is 8.03. The van der Waals surface area contributed by atoms with E-state index in [1.54, 1.807) is 18.2 Å². The number of nitrogens with one attached hydrogen (secondary N) is 1. The van der Waals surface area contributed by atoms with Crippen LogP contribution in [0.3, 0.4) is 0 Å². The molecule has 0 saturated carbocycles. The Morgan fingerprint density at radius 2 is 1.83 bits per heavy atom. The smallest absolute Gasteiger partial charge is 0.400 e. The molecular formula is C17H23BClNO3. The summed E-state index contributed by atoms with van der Waals surface area (Å²) >= 11 is 6.06. The maximum absolute atomic E-state index is 11.3. The number of hydrogen-bond donors (Lipinski definition) is 1. The largest absolute Gasteiger partial charge is 0.491 e. The second-order valence-corrected chi connectivity index (χ2v) is 7.17. The molecule has 0 bridgehead atoms. The van der Waals surface area contributed by atoms with Gasteiger partial charge in [0.25, 0.3) is 0 Å². The summed E-state index contributed by atoms with van der Waals surface area (Å²) in [4.78, 5) is 11.3. The lowest BCUT2D eigenvalue weighted by Gasteiger charge is -2.32. The van der Waals surface area contributed by atoms with E-state index in [-0.39, 0.29) is 0 Å². The highest BCUT2D eigenvalue weighted by atomic mass is 35.5. The number of halogens is 1. The SMILES string of the molecule is CNCC(=Cc1cc(Cl)ccc1C=O)B1OC(C)(C)C(C)(C)O1. The van der Waals surface area contributed by atoms with Gasteiger partial charge in [-0.2, -0.15) is 0 Å². The number of carbonyl (C=O) groups excluding carboxylic acids is 1. The molecule has 1 saturated heterocycles. The molecule has 0 aliphatic carbocycles. The fourth-order valence-corrected chi connectivity index (χ4v) is 2.56. The van der Waals surface area contributed by atoms with Gasteiger partial charge in [-0.25, -0.2) is 0 Å². The van der Waals surface area contributed by atoms with Crippen LogP contribution in [-0.4, -0.2) is 38.2 Å². The summed E-state index contributed by atoms with van der Waals surface area (Å²) in [7, 11) is 1.39. The molecule has 1 heterocycles. The number of likely N-dealkylation sites (N-methyl/N-ethyl adjacent to an activating group) is 1. The average molecular weight is 336 g/mol. The summed E-state index contributed by atoms with van der Waals surface area (Å²) in [6, 6.07) is 5.18. The van der Waals surface area contributed by atoms with Gasteiger partial charge in [0.15, 0.2) is 6.29 Å².